The minimum absolute atomic E-state index is 0.651. The molecule has 0 aliphatic carbocycles. The first-order valence-electron chi connectivity index (χ1n) is 9.01. The maximum atomic E-state index is 5.99. The summed E-state index contributed by atoms with van der Waals surface area (Å²) in [5, 5.41) is 0. The molecule has 2 N–H and O–H groups in total. The summed E-state index contributed by atoms with van der Waals surface area (Å²) in [4.78, 5) is 5.16. The number of piperidine rings is 1. The van der Waals surface area contributed by atoms with E-state index >= 15 is 0 Å². The molecule has 2 aliphatic heterocycles. The lowest BCUT2D eigenvalue weighted by Gasteiger charge is -2.42. The number of hydrogen-bond acceptors (Lipinski definition) is 6. The van der Waals surface area contributed by atoms with Crippen LogP contribution in [0.5, 0.6) is 5.75 Å². The fourth-order valence-corrected chi connectivity index (χ4v) is 4.27. The van der Waals surface area contributed by atoms with Crippen molar-refractivity contribution in [1.82, 2.24) is 9.21 Å². The summed E-state index contributed by atoms with van der Waals surface area (Å²) in [5.74, 6) is 0.810. The van der Waals surface area contributed by atoms with Crippen molar-refractivity contribution in [3.63, 3.8) is 0 Å². The average Bonchev–Trinajstić information content (AvgIpc) is 2.64. The number of benzene rings is 1. The number of nitrogen functional groups attached to an aromatic ring is 1. The molecule has 6 heteroatoms. The third-order valence-electron chi connectivity index (χ3n) is 5.17. The second-order valence-corrected chi connectivity index (χ2v) is 7.40. The lowest BCUT2D eigenvalue weighted by atomic mass is 10.0. The number of rotatable bonds is 5. The molecule has 0 saturated carbocycles. The molecular weight excluding hydrogens is 320 g/mol. The Morgan fingerprint density at radius 3 is 2.46 bits per heavy atom. The second kappa shape index (κ2) is 8.32. The molecular formula is C18H30N4OS. The number of piperazine rings is 1. The van der Waals surface area contributed by atoms with Crippen LogP contribution in [0.3, 0.4) is 0 Å². The topological polar surface area (TPSA) is 45.0 Å². The van der Waals surface area contributed by atoms with Crippen LogP contribution in [0, 0.1) is 0 Å². The van der Waals surface area contributed by atoms with Gasteiger partial charge >= 0.3 is 0 Å². The van der Waals surface area contributed by atoms with Crippen LogP contribution in [-0.2, 0) is 0 Å². The van der Waals surface area contributed by atoms with Crippen molar-refractivity contribution in [2.24, 2.45) is 0 Å². The van der Waals surface area contributed by atoms with Gasteiger partial charge in [-0.1, -0.05) is 11.9 Å². The summed E-state index contributed by atoms with van der Waals surface area (Å²) >= 11 is 1.87. The molecule has 1 aromatic rings. The SMILES string of the molecule is CCOc1cc(N2CCC(N3CCN(SC)CC3)CC2)ccc1N. The highest BCUT2D eigenvalue weighted by molar-refractivity contribution is 7.96. The predicted octanol–water partition coefficient (Wildman–Crippen LogP) is 2.53. The van der Waals surface area contributed by atoms with E-state index in [-0.39, 0.29) is 0 Å². The van der Waals surface area contributed by atoms with E-state index in [9.17, 15) is 0 Å². The zero-order valence-corrected chi connectivity index (χ0v) is 15.7. The molecule has 2 heterocycles. The Morgan fingerprint density at radius 2 is 1.83 bits per heavy atom. The van der Waals surface area contributed by atoms with Crippen LogP contribution < -0.4 is 15.4 Å². The Labute approximate surface area is 150 Å². The van der Waals surface area contributed by atoms with Crippen molar-refractivity contribution in [3.8, 4) is 5.75 Å². The van der Waals surface area contributed by atoms with Crippen LogP contribution in [0.2, 0.25) is 0 Å². The minimum atomic E-state index is 0.651. The molecule has 24 heavy (non-hydrogen) atoms. The molecule has 2 fully saturated rings. The molecule has 0 bridgehead atoms. The Hall–Kier alpha value is -1.11. The highest BCUT2D eigenvalue weighted by atomic mass is 32.2. The monoisotopic (exact) mass is 350 g/mol. The van der Waals surface area contributed by atoms with Crippen LogP contribution in [-0.4, -0.2) is 67.4 Å². The molecule has 2 aliphatic rings. The van der Waals surface area contributed by atoms with Gasteiger partial charge in [-0.05, 0) is 38.2 Å². The lowest BCUT2D eigenvalue weighted by Crippen LogP contribution is -2.51. The quantitative estimate of drug-likeness (QED) is 0.650. The normalized spacial score (nSPS) is 21.2. The molecule has 0 aromatic heterocycles. The zero-order valence-electron chi connectivity index (χ0n) is 14.9. The van der Waals surface area contributed by atoms with E-state index in [1.54, 1.807) is 0 Å². The number of anilines is 2. The minimum Gasteiger partial charge on any atom is -0.492 e. The van der Waals surface area contributed by atoms with Gasteiger partial charge in [0, 0.05) is 57.1 Å². The van der Waals surface area contributed by atoms with Crippen molar-refractivity contribution in [3.05, 3.63) is 18.2 Å². The van der Waals surface area contributed by atoms with Gasteiger partial charge in [0.25, 0.3) is 0 Å². The molecule has 0 spiro atoms. The molecule has 0 amide bonds. The van der Waals surface area contributed by atoms with Crippen LogP contribution in [0.1, 0.15) is 19.8 Å². The Balaban J connectivity index is 1.54. The van der Waals surface area contributed by atoms with E-state index in [4.69, 9.17) is 10.5 Å². The van der Waals surface area contributed by atoms with Gasteiger partial charge < -0.3 is 15.4 Å². The maximum Gasteiger partial charge on any atom is 0.144 e. The van der Waals surface area contributed by atoms with Gasteiger partial charge in [0.2, 0.25) is 0 Å². The summed E-state index contributed by atoms with van der Waals surface area (Å²) in [7, 11) is 0. The van der Waals surface area contributed by atoms with Crippen molar-refractivity contribution in [2.75, 3.05) is 62.8 Å². The van der Waals surface area contributed by atoms with Gasteiger partial charge in [-0.2, -0.15) is 0 Å². The Bertz CT molecular complexity index is 526. The summed E-state index contributed by atoms with van der Waals surface area (Å²) in [6.07, 6.45) is 4.67. The smallest absolute Gasteiger partial charge is 0.144 e. The average molecular weight is 351 g/mol. The van der Waals surface area contributed by atoms with E-state index in [1.807, 2.05) is 24.9 Å². The standard InChI is InChI=1S/C18H30N4OS/c1-3-23-18-14-16(4-5-17(18)19)20-8-6-15(7-9-20)21-10-12-22(24-2)13-11-21/h4-5,14-15H,3,6-13,19H2,1-2H3. The first kappa shape index (κ1) is 17.7. The summed E-state index contributed by atoms with van der Waals surface area (Å²) in [6, 6.07) is 6.92. The van der Waals surface area contributed by atoms with Gasteiger partial charge in [0.1, 0.15) is 5.75 Å². The van der Waals surface area contributed by atoms with Gasteiger partial charge in [0.15, 0.2) is 0 Å². The van der Waals surface area contributed by atoms with Crippen LogP contribution in [0.4, 0.5) is 11.4 Å². The summed E-state index contributed by atoms with van der Waals surface area (Å²) < 4.78 is 8.11. The Kier molecular flexibility index (Phi) is 6.14. The second-order valence-electron chi connectivity index (χ2n) is 6.52. The lowest BCUT2D eigenvalue weighted by molar-refractivity contribution is 0.124. The van der Waals surface area contributed by atoms with E-state index < -0.39 is 0 Å². The van der Waals surface area contributed by atoms with Crippen LogP contribution in [0.25, 0.3) is 0 Å². The fourth-order valence-electron chi connectivity index (χ4n) is 3.74. The molecule has 0 unspecified atom stereocenters. The maximum absolute atomic E-state index is 5.99. The van der Waals surface area contributed by atoms with E-state index in [1.165, 1.54) is 44.7 Å². The molecule has 0 radical (unpaired) electrons. The number of nitrogens with two attached hydrogens (primary N) is 1. The van der Waals surface area contributed by atoms with Gasteiger partial charge in [-0.3, -0.25) is 4.90 Å². The van der Waals surface area contributed by atoms with Crippen molar-refractivity contribution in [1.29, 1.82) is 0 Å². The van der Waals surface area contributed by atoms with Crippen molar-refractivity contribution < 1.29 is 4.74 Å². The van der Waals surface area contributed by atoms with Crippen molar-refractivity contribution >= 4 is 23.3 Å². The van der Waals surface area contributed by atoms with Gasteiger partial charge in [0.05, 0.1) is 12.3 Å². The Morgan fingerprint density at radius 1 is 1.12 bits per heavy atom. The number of hydrogen-bond donors (Lipinski definition) is 1. The van der Waals surface area contributed by atoms with Crippen LogP contribution >= 0.6 is 11.9 Å². The first-order chi connectivity index (χ1) is 11.7. The number of ether oxygens (including phenoxy) is 1. The van der Waals surface area contributed by atoms with Crippen LogP contribution in [0.15, 0.2) is 18.2 Å². The largest absolute Gasteiger partial charge is 0.492 e. The molecule has 1 aromatic carbocycles. The highest BCUT2D eigenvalue weighted by Gasteiger charge is 2.27. The van der Waals surface area contributed by atoms with E-state index in [0.29, 0.717) is 6.61 Å². The third kappa shape index (κ3) is 4.10. The van der Waals surface area contributed by atoms with E-state index in [2.05, 4.69) is 32.5 Å². The van der Waals surface area contributed by atoms with Gasteiger partial charge in [-0.15, -0.1) is 0 Å². The highest BCUT2D eigenvalue weighted by Crippen LogP contribution is 2.30. The van der Waals surface area contributed by atoms with Gasteiger partial charge in [-0.25, -0.2) is 4.31 Å². The predicted molar refractivity (Wildman–Crippen MR) is 104 cm³/mol. The molecule has 0 atom stereocenters. The van der Waals surface area contributed by atoms with E-state index in [0.717, 1.165) is 30.6 Å². The molecule has 134 valence electrons. The third-order valence-corrected chi connectivity index (χ3v) is 6.06. The van der Waals surface area contributed by atoms with Crippen molar-refractivity contribution in [2.45, 2.75) is 25.8 Å². The summed E-state index contributed by atoms with van der Waals surface area (Å²) in [5.41, 5.74) is 7.95. The fraction of sp³-hybridized carbons (Fsp3) is 0.667. The molecule has 5 nitrogen and oxygen atoms in total. The first-order valence-corrected chi connectivity index (χ1v) is 10.2. The summed E-state index contributed by atoms with van der Waals surface area (Å²) in [6.45, 7) is 9.68. The molecule has 2 saturated heterocycles. The molecule has 3 rings (SSSR count). The number of nitrogens with zero attached hydrogens (tertiary/aromatic N) is 3. The zero-order chi connectivity index (χ0) is 16.9.